The number of rotatable bonds is 8. The van der Waals surface area contributed by atoms with Crippen molar-refractivity contribution < 1.29 is 9.59 Å². The third-order valence-electron chi connectivity index (χ3n) is 6.28. The predicted molar refractivity (Wildman–Crippen MR) is 147 cm³/mol. The van der Waals surface area contributed by atoms with Crippen molar-refractivity contribution in [2.24, 2.45) is 0 Å². The van der Waals surface area contributed by atoms with E-state index in [4.69, 9.17) is 5.10 Å². The Morgan fingerprint density at radius 3 is 2.31 bits per heavy atom. The number of hydrogen-bond acceptors (Lipinski definition) is 3. The van der Waals surface area contributed by atoms with Crippen LogP contribution in [-0.4, -0.2) is 39.7 Å². The maximum Gasteiger partial charge on any atom is 0.322 e. The molecule has 2 aromatic carbocycles. The third-order valence-corrected chi connectivity index (χ3v) is 6.28. The molecule has 0 radical (unpaired) electrons. The van der Waals surface area contributed by atoms with Crippen molar-refractivity contribution in [1.82, 2.24) is 14.7 Å². The lowest BCUT2D eigenvalue weighted by molar-refractivity contribution is -0.116. The van der Waals surface area contributed by atoms with Crippen LogP contribution < -0.4 is 10.6 Å². The predicted octanol–water partition coefficient (Wildman–Crippen LogP) is 6.23. The summed E-state index contributed by atoms with van der Waals surface area (Å²) in [5.41, 5.74) is 5.75. The Morgan fingerprint density at radius 1 is 1.00 bits per heavy atom. The molecule has 3 amide bonds. The average molecular weight is 490 g/mol. The molecule has 3 aromatic rings. The second-order valence-corrected chi connectivity index (χ2v) is 10.2. The van der Waals surface area contributed by atoms with Crippen molar-refractivity contribution in [1.29, 1.82) is 0 Å². The first-order valence-electron chi connectivity index (χ1n) is 12.6. The monoisotopic (exact) mass is 489 g/mol. The van der Waals surface area contributed by atoms with Crippen molar-refractivity contribution in [3.05, 3.63) is 70.9 Å². The molecule has 0 bridgehead atoms. The quantitative estimate of drug-likeness (QED) is 0.394. The normalized spacial score (nSPS) is 11.3. The van der Waals surface area contributed by atoms with Gasteiger partial charge in [-0.15, -0.1) is 0 Å². The van der Waals surface area contributed by atoms with Crippen LogP contribution in [0.3, 0.4) is 0 Å². The average Bonchev–Trinajstić information content (AvgIpc) is 3.25. The molecule has 2 N–H and O–H groups in total. The van der Waals surface area contributed by atoms with E-state index in [0.717, 1.165) is 35.3 Å². The number of aromatic nitrogens is 2. The van der Waals surface area contributed by atoms with Gasteiger partial charge in [0.25, 0.3) is 0 Å². The molecular formula is C29H39N5O2. The molecule has 0 fully saturated rings. The summed E-state index contributed by atoms with van der Waals surface area (Å²) in [4.78, 5) is 27.7. The van der Waals surface area contributed by atoms with Crippen molar-refractivity contribution in [2.45, 2.75) is 66.7 Å². The van der Waals surface area contributed by atoms with Gasteiger partial charge in [0.05, 0.1) is 11.4 Å². The zero-order valence-corrected chi connectivity index (χ0v) is 22.6. The molecular weight excluding hydrogens is 450 g/mol. The van der Waals surface area contributed by atoms with Crippen LogP contribution in [0.4, 0.5) is 16.3 Å². The molecule has 0 spiro atoms. The molecule has 0 aliphatic carbocycles. The molecule has 0 saturated carbocycles. The highest BCUT2D eigenvalue weighted by Gasteiger charge is 2.23. The summed E-state index contributed by atoms with van der Waals surface area (Å²) >= 11 is 0. The molecule has 7 nitrogen and oxygen atoms in total. The fourth-order valence-electron chi connectivity index (χ4n) is 3.89. The summed E-state index contributed by atoms with van der Waals surface area (Å²) in [6.07, 6.45) is 1.68. The van der Waals surface area contributed by atoms with Crippen LogP contribution in [0.2, 0.25) is 0 Å². The molecule has 0 aliphatic rings. The van der Waals surface area contributed by atoms with Crippen molar-refractivity contribution in [3.63, 3.8) is 0 Å². The number of benzene rings is 2. The number of urea groups is 1. The van der Waals surface area contributed by atoms with Gasteiger partial charge >= 0.3 is 6.03 Å². The van der Waals surface area contributed by atoms with E-state index in [9.17, 15) is 9.59 Å². The van der Waals surface area contributed by atoms with E-state index in [2.05, 4.69) is 58.2 Å². The molecule has 36 heavy (non-hydrogen) atoms. The Bertz CT molecular complexity index is 1210. The minimum atomic E-state index is -0.297. The van der Waals surface area contributed by atoms with E-state index < -0.39 is 0 Å². The Labute approximate surface area is 214 Å². The maximum atomic E-state index is 13.2. The Hall–Kier alpha value is -3.61. The number of amides is 3. The standard InChI is InChI=1S/C29H39N5O2/c1-8-17-33(28(36)30-23-15-13-22(9-2)14-16-23)19-27(35)31-26-18-25(29(5,6)7)32-34(26)24-12-10-11-20(3)21(24)4/h10-16,18H,8-9,17,19H2,1-7H3,(H,30,36)(H,31,35). The highest BCUT2D eigenvalue weighted by atomic mass is 16.2. The molecule has 0 saturated heterocycles. The van der Waals surface area contributed by atoms with Gasteiger partial charge in [0.2, 0.25) is 5.91 Å². The molecule has 192 valence electrons. The van der Waals surface area contributed by atoms with Gasteiger partial charge in [-0.05, 0) is 61.6 Å². The summed E-state index contributed by atoms with van der Waals surface area (Å²) in [5.74, 6) is 0.317. The lowest BCUT2D eigenvalue weighted by Crippen LogP contribution is -2.41. The zero-order valence-electron chi connectivity index (χ0n) is 22.6. The highest BCUT2D eigenvalue weighted by molar-refractivity contribution is 5.96. The van der Waals surface area contributed by atoms with Gasteiger partial charge in [0, 0.05) is 23.7 Å². The Balaban J connectivity index is 1.81. The van der Waals surface area contributed by atoms with Gasteiger partial charge in [-0.2, -0.15) is 5.10 Å². The maximum absolute atomic E-state index is 13.2. The van der Waals surface area contributed by atoms with Gasteiger partial charge in [-0.25, -0.2) is 9.48 Å². The minimum absolute atomic E-state index is 0.0600. The smallest absolute Gasteiger partial charge is 0.315 e. The fraction of sp³-hybridized carbons (Fsp3) is 0.414. The number of nitrogens with one attached hydrogen (secondary N) is 2. The Morgan fingerprint density at radius 2 is 1.69 bits per heavy atom. The highest BCUT2D eigenvalue weighted by Crippen LogP contribution is 2.28. The fourth-order valence-corrected chi connectivity index (χ4v) is 3.89. The topological polar surface area (TPSA) is 79.3 Å². The number of aryl methyl sites for hydroxylation is 2. The number of carbonyl (C=O) groups excluding carboxylic acids is 2. The summed E-state index contributed by atoms with van der Waals surface area (Å²) in [5, 5.41) is 10.8. The molecule has 1 aromatic heterocycles. The van der Waals surface area contributed by atoms with Crippen LogP contribution in [0.25, 0.3) is 5.69 Å². The van der Waals surface area contributed by atoms with Crippen LogP contribution in [0.1, 0.15) is 63.4 Å². The summed E-state index contributed by atoms with van der Waals surface area (Å²) in [7, 11) is 0. The number of nitrogens with zero attached hydrogens (tertiary/aromatic N) is 3. The lowest BCUT2D eigenvalue weighted by Gasteiger charge is -2.22. The molecule has 0 aliphatic heterocycles. The van der Waals surface area contributed by atoms with Crippen LogP contribution in [0.5, 0.6) is 0 Å². The van der Waals surface area contributed by atoms with E-state index in [1.165, 1.54) is 10.5 Å². The van der Waals surface area contributed by atoms with Crippen LogP contribution in [-0.2, 0) is 16.6 Å². The summed E-state index contributed by atoms with van der Waals surface area (Å²) in [6.45, 7) is 14.9. The van der Waals surface area contributed by atoms with E-state index >= 15 is 0 Å². The SMILES string of the molecule is CCCN(CC(=O)Nc1cc(C(C)(C)C)nn1-c1cccc(C)c1C)C(=O)Nc1ccc(CC)cc1. The van der Waals surface area contributed by atoms with Gasteiger partial charge in [0.1, 0.15) is 12.4 Å². The van der Waals surface area contributed by atoms with Gasteiger partial charge in [0.15, 0.2) is 0 Å². The van der Waals surface area contributed by atoms with Crippen molar-refractivity contribution in [3.8, 4) is 5.69 Å². The first-order chi connectivity index (χ1) is 17.0. The van der Waals surface area contributed by atoms with Crippen LogP contribution in [0.15, 0.2) is 48.5 Å². The Kier molecular flexibility index (Phi) is 8.56. The minimum Gasteiger partial charge on any atom is -0.315 e. The number of anilines is 2. The zero-order chi connectivity index (χ0) is 26.5. The van der Waals surface area contributed by atoms with Crippen LogP contribution >= 0.6 is 0 Å². The lowest BCUT2D eigenvalue weighted by atomic mass is 9.92. The third kappa shape index (κ3) is 6.53. The van der Waals surface area contributed by atoms with Crippen LogP contribution in [0, 0.1) is 13.8 Å². The van der Waals surface area contributed by atoms with E-state index in [-0.39, 0.29) is 23.9 Å². The molecule has 7 heteroatoms. The molecule has 1 heterocycles. The number of carbonyl (C=O) groups is 2. The van der Waals surface area contributed by atoms with Gasteiger partial charge < -0.3 is 15.5 Å². The van der Waals surface area contributed by atoms with E-state index in [1.807, 2.05) is 49.4 Å². The first kappa shape index (κ1) is 27.0. The summed E-state index contributed by atoms with van der Waals surface area (Å²) in [6, 6.07) is 15.4. The molecule has 0 atom stereocenters. The summed E-state index contributed by atoms with van der Waals surface area (Å²) < 4.78 is 1.79. The second-order valence-electron chi connectivity index (χ2n) is 10.2. The van der Waals surface area contributed by atoms with Crippen molar-refractivity contribution >= 4 is 23.4 Å². The first-order valence-corrected chi connectivity index (χ1v) is 12.6. The van der Waals surface area contributed by atoms with Crippen molar-refractivity contribution in [2.75, 3.05) is 23.7 Å². The second kappa shape index (κ2) is 11.4. The van der Waals surface area contributed by atoms with Gasteiger partial charge in [-0.1, -0.05) is 58.9 Å². The largest absolute Gasteiger partial charge is 0.322 e. The molecule has 0 unspecified atom stereocenters. The number of hydrogen-bond donors (Lipinski definition) is 2. The van der Waals surface area contributed by atoms with E-state index in [1.54, 1.807) is 4.68 Å². The van der Waals surface area contributed by atoms with E-state index in [0.29, 0.717) is 18.1 Å². The molecule has 3 rings (SSSR count). The van der Waals surface area contributed by atoms with Gasteiger partial charge in [-0.3, -0.25) is 4.79 Å².